The second kappa shape index (κ2) is 10.6. The molecule has 4 rings (SSSR count). The molecule has 2 aliphatic rings. The molecule has 32 heavy (non-hydrogen) atoms. The fraction of sp³-hybridized carbons (Fsp3) is 0.500. The molecule has 1 aromatic carbocycles. The molecule has 0 unspecified atom stereocenters. The number of hydrogen-bond donors (Lipinski definition) is 2. The van der Waals surface area contributed by atoms with E-state index in [1.165, 1.54) is 12.1 Å². The summed E-state index contributed by atoms with van der Waals surface area (Å²) in [5.41, 5.74) is 2.77. The molecule has 0 saturated carbocycles. The topological polar surface area (TPSA) is 101 Å². The number of ether oxygens (including phenoxy) is 2. The van der Waals surface area contributed by atoms with E-state index in [1.807, 2.05) is 6.92 Å². The van der Waals surface area contributed by atoms with Crippen LogP contribution in [-0.2, 0) is 16.0 Å². The van der Waals surface area contributed by atoms with Gasteiger partial charge in [0.25, 0.3) is 5.91 Å². The van der Waals surface area contributed by atoms with Crippen LogP contribution in [0, 0.1) is 5.82 Å². The number of H-pyrrole nitrogens is 1. The fourth-order valence-corrected chi connectivity index (χ4v) is 3.82. The van der Waals surface area contributed by atoms with E-state index in [1.54, 1.807) is 6.07 Å². The molecule has 2 N–H and O–H groups in total. The molecule has 0 atom stereocenters. The van der Waals surface area contributed by atoms with Crippen molar-refractivity contribution in [2.45, 2.75) is 26.2 Å². The zero-order valence-corrected chi connectivity index (χ0v) is 18.2. The Morgan fingerprint density at radius 3 is 2.97 bits per heavy atom. The number of halogens is 1. The minimum absolute atomic E-state index is 0.152. The van der Waals surface area contributed by atoms with Gasteiger partial charge in [0.15, 0.2) is 17.3 Å². The largest absolute Gasteiger partial charge is 0.489 e. The highest BCUT2D eigenvalue weighted by Gasteiger charge is 2.27. The van der Waals surface area contributed by atoms with E-state index in [9.17, 15) is 9.18 Å². The van der Waals surface area contributed by atoms with Crippen LogP contribution in [-0.4, -0.2) is 72.8 Å². The number of nitrogens with zero attached hydrogens (tertiary/aromatic N) is 3. The van der Waals surface area contributed by atoms with Crippen molar-refractivity contribution in [3.63, 3.8) is 0 Å². The standard InChI is InChI=1S/C22H28FN5O4/c1-2-32-27-18-5-3-4-17-20(18)21(26-25-17)22(29)24-15-6-7-19(16(23)14-15)31-13-10-28-8-11-30-12-9-28/h6-7,14H,2-5,8-13H2,1H3,(H,24,29)(H,25,26). The van der Waals surface area contributed by atoms with Gasteiger partial charge in [0.05, 0.1) is 24.5 Å². The minimum Gasteiger partial charge on any atom is -0.489 e. The number of morpholine rings is 1. The molecule has 1 aromatic heterocycles. The number of anilines is 1. The van der Waals surface area contributed by atoms with E-state index in [0.29, 0.717) is 56.4 Å². The first-order valence-corrected chi connectivity index (χ1v) is 11.0. The Hall–Kier alpha value is -2.98. The third-order valence-corrected chi connectivity index (χ3v) is 5.45. The van der Waals surface area contributed by atoms with Gasteiger partial charge in [-0.05, 0) is 38.3 Å². The smallest absolute Gasteiger partial charge is 0.276 e. The number of rotatable bonds is 8. The Balaban J connectivity index is 1.39. The van der Waals surface area contributed by atoms with Crippen LogP contribution in [0.5, 0.6) is 5.75 Å². The molecule has 172 valence electrons. The maximum atomic E-state index is 14.5. The Labute approximate surface area is 185 Å². The highest BCUT2D eigenvalue weighted by Crippen LogP contribution is 2.25. The summed E-state index contributed by atoms with van der Waals surface area (Å²) in [6.07, 6.45) is 2.39. The Morgan fingerprint density at radius 2 is 2.19 bits per heavy atom. The molecule has 1 saturated heterocycles. The second-order valence-electron chi connectivity index (χ2n) is 7.64. The van der Waals surface area contributed by atoms with Gasteiger partial charge in [-0.1, -0.05) is 5.16 Å². The first-order valence-electron chi connectivity index (χ1n) is 11.0. The molecule has 1 aliphatic carbocycles. The third kappa shape index (κ3) is 5.25. The highest BCUT2D eigenvalue weighted by molar-refractivity contribution is 6.14. The van der Waals surface area contributed by atoms with Gasteiger partial charge >= 0.3 is 0 Å². The van der Waals surface area contributed by atoms with Crippen LogP contribution in [0.1, 0.15) is 41.5 Å². The molecule has 9 nitrogen and oxygen atoms in total. The quantitative estimate of drug-likeness (QED) is 0.606. The number of oxime groups is 1. The second-order valence-corrected chi connectivity index (χ2v) is 7.64. The Morgan fingerprint density at radius 1 is 1.34 bits per heavy atom. The summed E-state index contributed by atoms with van der Waals surface area (Å²) in [5.74, 6) is -0.819. The van der Waals surface area contributed by atoms with Gasteiger partial charge in [-0.25, -0.2) is 4.39 Å². The van der Waals surface area contributed by atoms with Gasteiger partial charge < -0.3 is 19.6 Å². The van der Waals surface area contributed by atoms with Crippen molar-refractivity contribution in [3.05, 3.63) is 41.0 Å². The lowest BCUT2D eigenvalue weighted by Gasteiger charge is -2.26. The number of carbonyl (C=O) groups excluding carboxylic acids is 1. The third-order valence-electron chi connectivity index (χ3n) is 5.45. The number of fused-ring (bicyclic) bond motifs is 1. The molecule has 10 heteroatoms. The molecule has 1 amide bonds. The number of benzene rings is 1. The number of nitrogens with one attached hydrogen (secondary N) is 2. The van der Waals surface area contributed by atoms with Gasteiger partial charge in [0.2, 0.25) is 0 Å². The number of amides is 1. The SMILES string of the molecule is CCON=C1CCCc2[nH]nc(C(=O)Nc3ccc(OCCN4CCOCC4)c(F)c3)c21. The van der Waals surface area contributed by atoms with Gasteiger partial charge in [-0.3, -0.25) is 14.8 Å². The monoisotopic (exact) mass is 445 g/mol. The van der Waals surface area contributed by atoms with Crippen molar-refractivity contribution >= 4 is 17.3 Å². The summed E-state index contributed by atoms with van der Waals surface area (Å²) in [7, 11) is 0. The van der Waals surface area contributed by atoms with Crippen LogP contribution >= 0.6 is 0 Å². The molecule has 1 aliphatic heterocycles. The normalized spacial score (nSPS) is 17.8. The zero-order valence-electron chi connectivity index (χ0n) is 18.2. The van der Waals surface area contributed by atoms with Crippen LogP contribution in [0.3, 0.4) is 0 Å². The first kappa shape index (κ1) is 22.2. The van der Waals surface area contributed by atoms with Gasteiger partial charge in [-0.15, -0.1) is 0 Å². The molecule has 0 spiro atoms. The lowest BCUT2D eigenvalue weighted by atomic mass is 9.93. The van der Waals surface area contributed by atoms with E-state index in [0.717, 1.165) is 31.6 Å². The van der Waals surface area contributed by atoms with Crippen LogP contribution in [0.2, 0.25) is 0 Å². The number of aryl methyl sites for hydroxylation is 1. The van der Waals surface area contributed by atoms with Crippen molar-refractivity contribution in [2.24, 2.45) is 5.16 Å². The highest BCUT2D eigenvalue weighted by atomic mass is 19.1. The number of aromatic nitrogens is 2. The summed E-state index contributed by atoms with van der Waals surface area (Å²) in [4.78, 5) is 20.3. The van der Waals surface area contributed by atoms with Crippen molar-refractivity contribution in [1.82, 2.24) is 15.1 Å². The first-order chi connectivity index (χ1) is 15.7. The van der Waals surface area contributed by atoms with Crippen LogP contribution in [0.25, 0.3) is 0 Å². The van der Waals surface area contributed by atoms with Crippen molar-refractivity contribution in [1.29, 1.82) is 0 Å². The summed E-state index contributed by atoms with van der Waals surface area (Å²) in [6, 6.07) is 4.38. The van der Waals surface area contributed by atoms with Crippen molar-refractivity contribution in [3.8, 4) is 5.75 Å². The van der Waals surface area contributed by atoms with Gasteiger partial charge in [-0.2, -0.15) is 5.10 Å². The van der Waals surface area contributed by atoms with Gasteiger partial charge in [0, 0.05) is 37.1 Å². The van der Waals surface area contributed by atoms with E-state index >= 15 is 0 Å². The van der Waals surface area contributed by atoms with E-state index < -0.39 is 11.7 Å². The molecule has 0 bridgehead atoms. The predicted octanol–water partition coefficient (Wildman–Crippen LogP) is 2.59. The fourth-order valence-electron chi connectivity index (χ4n) is 3.82. The molecule has 2 aromatic rings. The van der Waals surface area contributed by atoms with E-state index in [2.05, 4.69) is 25.6 Å². The Kier molecular flexibility index (Phi) is 7.33. The maximum Gasteiger partial charge on any atom is 0.276 e. The molecular weight excluding hydrogens is 417 g/mol. The van der Waals surface area contributed by atoms with Crippen LogP contribution in [0.4, 0.5) is 10.1 Å². The zero-order chi connectivity index (χ0) is 22.3. The summed E-state index contributed by atoms with van der Waals surface area (Å²) in [5, 5.41) is 13.9. The lowest BCUT2D eigenvalue weighted by molar-refractivity contribution is 0.0320. The summed E-state index contributed by atoms with van der Waals surface area (Å²) >= 11 is 0. The summed E-state index contributed by atoms with van der Waals surface area (Å²) in [6.45, 7) is 6.50. The Bertz CT molecular complexity index is 971. The molecule has 0 radical (unpaired) electrons. The lowest BCUT2D eigenvalue weighted by Crippen LogP contribution is -2.38. The number of carbonyl (C=O) groups is 1. The molecule has 2 heterocycles. The van der Waals surface area contributed by atoms with Crippen LogP contribution in [0.15, 0.2) is 23.4 Å². The average molecular weight is 445 g/mol. The average Bonchev–Trinajstić information content (AvgIpc) is 3.25. The van der Waals surface area contributed by atoms with E-state index in [4.69, 9.17) is 14.3 Å². The number of aromatic amines is 1. The van der Waals surface area contributed by atoms with Crippen LogP contribution < -0.4 is 10.1 Å². The number of hydrogen-bond acceptors (Lipinski definition) is 7. The summed E-state index contributed by atoms with van der Waals surface area (Å²) < 4.78 is 25.4. The molecule has 1 fully saturated rings. The predicted molar refractivity (Wildman–Crippen MR) is 117 cm³/mol. The van der Waals surface area contributed by atoms with Crippen molar-refractivity contribution in [2.75, 3.05) is 51.4 Å². The van der Waals surface area contributed by atoms with Gasteiger partial charge in [0.1, 0.15) is 13.2 Å². The van der Waals surface area contributed by atoms with Crippen molar-refractivity contribution < 1.29 is 23.5 Å². The molecular formula is C22H28FN5O4. The minimum atomic E-state index is -0.535. The maximum absolute atomic E-state index is 14.5. The van der Waals surface area contributed by atoms with E-state index in [-0.39, 0.29) is 11.4 Å².